The molecular formula is C56H97N5O6S3. The monoisotopic (exact) mass is 1030 g/mol. The van der Waals surface area contributed by atoms with E-state index >= 15 is 0 Å². The number of hydrogen-bond donors (Lipinski definition) is 0. The quantitative estimate of drug-likeness (QED) is 0.185. The van der Waals surface area contributed by atoms with Gasteiger partial charge in [0.2, 0.25) is 30.1 Å². The lowest BCUT2D eigenvalue weighted by atomic mass is 9.82. The van der Waals surface area contributed by atoms with Crippen LogP contribution < -0.4 is 0 Å². The van der Waals surface area contributed by atoms with E-state index in [2.05, 4.69) is 97.5 Å². The highest BCUT2D eigenvalue weighted by Crippen LogP contribution is 2.27. The molecule has 0 spiro atoms. The van der Waals surface area contributed by atoms with E-state index in [-0.39, 0.29) is 39.1 Å². The number of nitrogens with zero attached hydrogens (tertiary/aromatic N) is 5. The van der Waals surface area contributed by atoms with Crippen LogP contribution in [0, 0.1) is 11.3 Å². The molecular weight excluding hydrogens is 935 g/mol. The molecule has 70 heavy (non-hydrogen) atoms. The fourth-order valence-corrected chi connectivity index (χ4v) is 11.7. The largest absolute Gasteiger partial charge is 0.302 e. The molecule has 1 aliphatic rings. The Morgan fingerprint density at radius 2 is 0.929 bits per heavy atom. The predicted octanol–water partition coefficient (Wildman–Crippen LogP) is 12.0. The van der Waals surface area contributed by atoms with Crippen molar-refractivity contribution in [1.29, 1.82) is 5.26 Å². The van der Waals surface area contributed by atoms with Crippen molar-refractivity contribution in [2.45, 2.75) is 189 Å². The first-order chi connectivity index (χ1) is 31.6. The molecule has 0 atom stereocenters. The van der Waals surface area contributed by atoms with Crippen molar-refractivity contribution in [3.8, 4) is 6.07 Å². The van der Waals surface area contributed by atoms with Gasteiger partial charge in [-0.3, -0.25) is 0 Å². The van der Waals surface area contributed by atoms with E-state index < -0.39 is 30.1 Å². The van der Waals surface area contributed by atoms with E-state index in [1.54, 1.807) is 11.4 Å². The maximum absolute atomic E-state index is 11.9. The number of nitriles is 1. The Morgan fingerprint density at radius 1 is 0.571 bits per heavy atom. The van der Waals surface area contributed by atoms with Crippen LogP contribution in [-0.2, 0) is 52.1 Å². The summed E-state index contributed by atoms with van der Waals surface area (Å²) in [6, 6.07) is 28.1. The van der Waals surface area contributed by atoms with Crippen LogP contribution >= 0.6 is 0 Å². The second-order valence-electron chi connectivity index (χ2n) is 23.8. The van der Waals surface area contributed by atoms with Gasteiger partial charge in [0.25, 0.3) is 0 Å². The number of piperidine rings is 1. The number of likely N-dealkylation sites (tertiary alicyclic amines) is 1. The summed E-state index contributed by atoms with van der Waals surface area (Å²) in [5.74, 6) is 0.0719. The van der Waals surface area contributed by atoms with Crippen LogP contribution in [-0.4, -0.2) is 112 Å². The van der Waals surface area contributed by atoms with E-state index in [4.69, 9.17) is 5.26 Å². The normalized spacial score (nSPS) is 14.3. The standard InChI is InChI=1S/C14H22.C12H26N2O2S.C11H17NO2S.C11H13N.C8H19NO2S/c1-13(2,3)11-7-9-12(10-8-11)14(4,5)6;1-12(2,3)14(17(4,15)16)11-10-13-8-6-5-7-9-13;1-10(2)12(3)15(13,14)9-11-7-5-4-6-8-11;1-11(2,3)10-6-4-9(8-12)5-7-10;1-6-7-9(8(2,3)4)12(5,10)11/h7-10H,1-6H3;5-11H2,1-4H3;4-8,10H,9H2,1-3H3;4-7H,1-3H3;6-7H2,1-5H3. The highest BCUT2D eigenvalue weighted by atomic mass is 32.2. The van der Waals surface area contributed by atoms with Crippen LogP contribution in [0.15, 0.2) is 78.9 Å². The van der Waals surface area contributed by atoms with Gasteiger partial charge in [-0.1, -0.05) is 142 Å². The van der Waals surface area contributed by atoms with Crippen LogP contribution in [0.25, 0.3) is 0 Å². The molecule has 0 aromatic heterocycles. The molecule has 1 fully saturated rings. The zero-order chi connectivity index (χ0) is 54.7. The van der Waals surface area contributed by atoms with Gasteiger partial charge in [-0.15, -0.1) is 0 Å². The molecule has 0 saturated carbocycles. The van der Waals surface area contributed by atoms with Crippen molar-refractivity contribution in [2.75, 3.05) is 52.3 Å². The minimum absolute atomic E-state index is 0.00119. The molecule has 1 aliphatic heterocycles. The third-order valence-corrected chi connectivity index (χ3v) is 16.7. The van der Waals surface area contributed by atoms with Gasteiger partial charge in [0, 0.05) is 43.8 Å². The van der Waals surface area contributed by atoms with E-state index in [0.717, 1.165) is 37.2 Å². The minimum Gasteiger partial charge on any atom is -0.302 e. The summed E-state index contributed by atoms with van der Waals surface area (Å²) >= 11 is 0. The smallest absolute Gasteiger partial charge is 0.218 e. The maximum atomic E-state index is 11.9. The molecule has 0 amide bonds. The fraction of sp³-hybridized carbons (Fsp3) is 0.661. The highest BCUT2D eigenvalue weighted by Gasteiger charge is 2.30. The molecule has 0 unspecified atom stereocenters. The van der Waals surface area contributed by atoms with Gasteiger partial charge in [-0.25, -0.2) is 29.6 Å². The molecule has 0 bridgehead atoms. The van der Waals surface area contributed by atoms with Crippen molar-refractivity contribution in [3.63, 3.8) is 0 Å². The summed E-state index contributed by atoms with van der Waals surface area (Å²) in [5, 5.41) is 8.58. The van der Waals surface area contributed by atoms with Crippen molar-refractivity contribution in [3.05, 3.63) is 107 Å². The number of rotatable bonds is 11. The number of sulfonamides is 3. The molecule has 14 heteroatoms. The molecule has 0 radical (unpaired) electrons. The summed E-state index contributed by atoms with van der Waals surface area (Å²) in [6.45, 7) is 41.5. The molecule has 0 aliphatic carbocycles. The number of hydrogen-bond acceptors (Lipinski definition) is 8. The zero-order valence-corrected chi connectivity index (χ0v) is 50.0. The van der Waals surface area contributed by atoms with E-state index in [0.29, 0.717) is 13.1 Å². The van der Waals surface area contributed by atoms with E-state index in [1.165, 1.54) is 57.1 Å². The number of benzene rings is 3. The van der Waals surface area contributed by atoms with Crippen LogP contribution in [0.3, 0.4) is 0 Å². The van der Waals surface area contributed by atoms with Crippen LogP contribution in [0.1, 0.15) is 178 Å². The zero-order valence-electron chi connectivity index (χ0n) is 47.6. The van der Waals surface area contributed by atoms with E-state index in [9.17, 15) is 25.3 Å². The van der Waals surface area contributed by atoms with Gasteiger partial charge in [0.1, 0.15) is 0 Å². The predicted molar refractivity (Wildman–Crippen MR) is 299 cm³/mol. The average molecular weight is 1030 g/mol. The average Bonchev–Trinajstić information content (AvgIpc) is 3.21. The molecule has 4 rings (SSSR count). The lowest BCUT2D eigenvalue weighted by Crippen LogP contribution is -2.48. The third-order valence-electron chi connectivity index (χ3n) is 11.6. The summed E-state index contributed by atoms with van der Waals surface area (Å²) in [5.41, 5.74) is 5.69. The van der Waals surface area contributed by atoms with Gasteiger partial charge < -0.3 is 4.90 Å². The second-order valence-corrected chi connectivity index (χ2v) is 29.6. The fourth-order valence-electron chi connectivity index (χ4n) is 7.34. The Hall–Kier alpha value is -3.16. The van der Waals surface area contributed by atoms with Crippen LogP contribution in [0.4, 0.5) is 0 Å². The Kier molecular flexibility index (Phi) is 27.1. The topological polar surface area (TPSA) is 139 Å². The molecule has 400 valence electrons. The SMILES string of the molecule is CC(C)(C)N(CCN1CCCCC1)S(C)(=O)=O.CC(C)(C)c1ccc(C#N)cc1.CC(C)(C)c1ccc(C(C)(C)C)cc1.CC(C)N(C)S(=O)(=O)Cc1ccccc1.CCCN(C(C)(C)C)S(C)(=O)=O. The summed E-state index contributed by atoms with van der Waals surface area (Å²) < 4.78 is 74.4. The molecule has 0 N–H and O–H groups in total. The summed E-state index contributed by atoms with van der Waals surface area (Å²) in [4.78, 5) is 2.37. The molecule has 1 heterocycles. The molecule has 3 aromatic carbocycles. The maximum Gasteiger partial charge on any atom is 0.218 e. The van der Waals surface area contributed by atoms with Gasteiger partial charge in [-0.2, -0.15) is 13.9 Å². The van der Waals surface area contributed by atoms with Crippen molar-refractivity contribution in [2.24, 2.45) is 0 Å². The first-order valence-corrected chi connectivity index (χ1v) is 30.2. The lowest BCUT2D eigenvalue weighted by Gasteiger charge is -2.35. The summed E-state index contributed by atoms with van der Waals surface area (Å²) in [6.07, 6.45) is 7.21. The van der Waals surface area contributed by atoms with Gasteiger partial charge in [0.05, 0.1) is 29.9 Å². The Bertz CT molecular complexity index is 2290. The molecule has 3 aromatic rings. The minimum atomic E-state index is -3.18. The Labute approximate surface area is 430 Å². The van der Waals surface area contributed by atoms with Crippen LogP contribution in [0.5, 0.6) is 0 Å². The second kappa shape index (κ2) is 28.3. The summed E-state index contributed by atoms with van der Waals surface area (Å²) in [7, 11) is -7.73. The van der Waals surface area contributed by atoms with Crippen molar-refractivity contribution < 1.29 is 25.3 Å². The molecule has 1 saturated heterocycles. The van der Waals surface area contributed by atoms with Crippen molar-refractivity contribution in [1.82, 2.24) is 17.8 Å². The third kappa shape index (κ3) is 26.5. The van der Waals surface area contributed by atoms with Gasteiger partial charge >= 0.3 is 0 Å². The van der Waals surface area contributed by atoms with Gasteiger partial charge in [0.15, 0.2) is 0 Å². The first-order valence-electron chi connectivity index (χ1n) is 24.9. The van der Waals surface area contributed by atoms with E-state index in [1.807, 2.05) is 117 Å². The Balaban J connectivity index is 0.000000856. The molecule has 11 nitrogen and oxygen atoms in total. The highest BCUT2D eigenvalue weighted by molar-refractivity contribution is 7.88. The van der Waals surface area contributed by atoms with Crippen LogP contribution in [0.2, 0.25) is 0 Å². The lowest BCUT2D eigenvalue weighted by molar-refractivity contribution is 0.180. The Morgan fingerprint density at radius 3 is 1.21 bits per heavy atom. The first kappa shape index (κ1) is 66.8. The van der Waals surface area contributed by atoms with Gasteiger partial charge in [-0.05, 0) is 138 Å². The van der Waals surface area contributed by atoms with Crippen molar-refractivity contribution >= 4 is 30.1 Å².